The summed E-state index contributed by atoms with van der Waals surface area (Å²) in [7, 11) is 0. The predicted octanol–water partition coefficient (Wildman–Crippen LogP) is 5.69. The minimum atomic E-state index is -4.40. The van der Waals surface area contributed by atoms with Crippen molar-refractivity contribution in [2.24, 2.45) is 5.92 Å². The molecule has 31 heavy (non-hydrogen) atoms. The molecule has 0 radical (unpaired) electrons. The average molecular weight is 450 g/mol. The van der Waals surface area contributed by atoms with Crippen molar-refractivity contribution < 1.29 is 27.1 Å². The van der Waals surface area contributed by atoms with Crippen molar-refractivity contribution in [1.29, 1.82) is 0 Å². The van der Waals surface area contributed by atoms with Gasteiger partial charge in [-0.3, -0.25) is 4.79 Å². The predicted molar refractivity (Wildman–Crippen MR) is 108 cm³/mol. The van der Waals surface area contributed by atoms with Crippen molar-refractivity contribution >= 4 is 17.2 Å². The summed E-state index contributed by atoms with van der Waals surface area (Å²) in [6.07, 6.45) is -2.14. The summed E-state index contributed by atoms with van der Waals surface area (Å²) in [5.74, 6) is -0.0507. The summed E-state index contributed by atoms with van der Waals surface area (Å²) in [5.41, 5.74) is 0.283. The fourth-order valence-corrected chi connectivity index (χ4v) is 3.69. The number of nitrogens with one attached hydrogen (secondary N) is 1. The Morgan fingerprint density at radius 2 is 1.90 bits per heavy atom. The zero-order chi connectivity index (χ0) is 22.0. The Bertz CT molecular complexity index is 1080. The largest absolute Gasteiger partial charge is 0.489 e. The average Bonchev–Trinajstić information content (AvgIpc) is 3.44. The Morgan fingerprint density at radius 3 is 2.55 bits per heavy atom. The van der Waals surface area contributed by atoms with E-state index in [9.17, 15) is 22.4 Å². The second-order valence-electron chi connectivity index (χ2n) is 7.32. The number of hydrogen-bond donors (Lipinski definition) is 1. The van der Waals surface area contributed by atoms with Crippen LogP contribution in [0.15, 0.2) is 47.8 Å². The third-order valence-corrected chi connectivity index (χ3v) is 5.72. The zero-order valence-corrected chi connectivity index (χ0v) is 17.0. The first-order chi connectivity index (χ1) is 14.8. The number of nitrogens with zero attached hydrogens (tertiary/aromatic N) is 1. The van der Waals surface area contributed by atoms with Crippen LogP contribution < -0.4 is 10.1 Å². The number of alkyl halides is 3. The van der Waals surface area contributed by atoms with Gasteiger partial charge in [0, 0.05) is 23.6 Å². The highest BCUT2D eigenvalue weighted by molar-refractivity contribution is 7.13. The minimum Gasteiger partial charge on any atom is -0.489 e. The number of ether oxygens (including phenoxy) is 1. The number of carbonyl (C=O) groups excluding carboxylic acids is 1. The van der Waals surface area contributed by atoms with E-state index in [1.54, 1.807) is 11.4 Å². The van der Waals surface area contributed by atoms with E-state index in [4.69, 9.17) is 4.74 Å². The van der Waals surface area contributed by atoms with Gasteiger partial charge in [-0.2, -0.15) is 13.2 Å². The Morgan fingerprint density at radius 1 is 1.16 bits per heavy atom. The number of amides is 1. The van der Waals surface area contributed by atoms with Crippen molar-refractivity contribution in [3.63, 3.8) is 0 Å². The highest BCUT2D eigenvalue weighted by atomic mass is 32.1. The maximum atomic E-state index is 14.6. The number of thiazole rings is 1. The number of aromatic nitrogens is 1. The Kier molecular flexibility index (Phi) is 5.95. The lowest BCUT2D eigenvalue weighted by Gasteiger charge is -2.10. The normalized spacial score (nSPS) is 13.8. The molecule has 0 bridgehead atoms. The Labute approximate surface area is 179 Å². The summed E-state index contributed by atoms with van der Waals surface area (Å²) in [6.45, 7) is 0.629. The minimum absolute atomic E-state index is 0.000507. The molecule has 9 heteroatoms. The third-order valence-electron chi connectivity index (χ3n) is 4.84. The topological polar surface area (TPSA) is 51.2 Å². The first kappa shape index (κ1) is 21.3. The standard InChI is InChI=1S/C22H18F4N2O2S/c23-18-9-16(30-11-14-3-5-15(6-4-14)22(24,25)26)7-8-17(18)21-28-19(12-31-21)20(29)27-10-13-1-2-13/h3-9,12-13H,1-2,10-11H2,(H,27,29). The van der Waals surface area contributed by atoms with E-state index in [0.717, 1.165) is 25.0 Å². The van der Waals surface area contributed by atoms with Crippen molar-refractivity contribution in [2.75, 3.05) is 6.54 Å². The SMILES string of the molecule is O=C(NCC1CC1)c1csc(-c2ccc(OCc3ccc(C(F)(F)F)cc3)cc2F)n1. The summed E-state index contributed by atoms with van der Waals surface area (Å²) >= 11 is 1.17. The van der Waals surface area contributed by atoms with E-state index in [1.807, 2.05) is 0 Å². The zero-order valence-electron chi connectivity index (χ0n) is 16.2. The lowest BCUT2D eigenvalue weighted by Crippen LogP contribution is -2.25. The van der Waals surface area contributed by atoms with E-state index < -0.39 is 17.6 Å². The maximum absolute atomic E-state index is 14.6. The van der Waals surface area contributed by atoms with Crippen LogP contribution in [-0.4, -0.2) is 17.4 Å². The first-order valence-corrected chi connectivity index (χ1v) is 10.5. The van der Waals surface area contributed by atoms with Crippen LogP contribution in [0.1, 0.15) is 34.5 Å². The van der Waals surface area contributed by atoms with Gasteiger partial charge in [-0.1, -0.05) is 12.1 Å². The van der Waals surface area contributed by atoms with Gasteiger partial charge < -0.3 is 10.1 Å². The van der Waals surface area contributed by atoms with Gasteiger partial charge in [0.05, 0.1) is 5.56 Å². The maximum Gasteiger partial charge on any atom is 0.416 e. The van der Waals surface area contributed by atoms with Crippen LogP contribution in [0.25, 0.3) is 10.6 Å². The Balaban J connectivity index is 1.38. The molecule has 1 amide bonds. The highest BCUT2D eigenvalue weighted by Crippen LogP contribution is 2.31. The van der Waals surface area contributed by atoms with Gasteiger partial charge in [0.2, 0.25) is 0 Å². The van der Waals surface area contributed by atoms with E-state index in [0.29, 0.717) is 23.0 Å². The fraction of sp³-hybridized carbons (Fsp3) is 0.273. The van der Waals surface area contributed by atoms with Gasteiger partial charge in [0.25, 0.3) is 5.91 Å². The van der Waals surface area contributed by atoms with Gasteiger partial charge in [-0.15, -0.1) is 11.3 Å². The van der Waals surface area contributed by atoms with Crippen molar-refractivity contribution in [2.45, 2.75) is 25.6 Å². The van der Waals surface area contributed by atoms with Crippen LogP contribution in [0.5, 0.6) is 5.75 Å². The quantitative estimate of drug-likeness (QED) is 0.471. The molecule has 1 heterocycles. The first-order valence-electron chi connectivity index (χ1n) is 9.62. The van der Waals surface area contributed by atoms with Crippen molar-refractivity contribution in [3.8, 4) is 16.3 Å². The van der Waals surface area contributed by atoms with Crippen LogP contribution in [0.2, 0.25) is 0 Å². The van der Waals surface area contributed by atoms with Crippen molar-refractivity contribution in [1.82, 2.24) is 10.3 Å². The number of carbonyl (C=O) groups is 1. The molecular weight excluding hydrogens is 432 g/mol. The van der Waals surface area contributed by atoms with Gasteiger partial charge in [-0.25, -0.2) is 9.37 Å². The van der Waals surface area contributed by atoms with Crippen molar-refractivity contribution in [3.05, 3.63) is 70.5 Å². The summed E-state index contributed by atoms with van der Waals surface area (Å²) in [5, 5.41) is 4.79. The van der Waals surface area contributed by atoms with E-state index >= 15 is 0 Å². The Hall–Kier alpha value is -2.94. The summed E-state index contributed by atoms with van der Waals surface area (Å²) in [6, 6.07) is 8.83. The second kappa shape index (κ2) is 8.66. The van der Waals surface area contributed by atoms with Gasteiger partial charge in [0.15, 0.2) is 0 Å². The molecule has 2 aromatic carbocycles. The molecule has 3 aromatic rings. The third kappa shape index (κ3) is 5.41. The number of rotatable bonds is 7. The molecule has 162 valence electrons. The van der Waals surface area contributed by atoms with Crippen LogP contribution >= 0.6 is 11.3 Å². The molecule has 1 fully saturated rings. The van der Waals surface area contributed by atoms with Gasteiger partial charge >= 0.3 is 6.18 Å². The number of halogens is 4. The van der Waals surface area contributed by atoms with E-state index in [-0.39, 0.29) is 29.5 Å². The molecule has 1 N–H and O–H groups in total. The lowest BCUT2D eigenvalue weighted by atomic mass is 10.1. The molecule has 0 saturated heterocycles. The number of benzene rings is 2. The van der Waals surface area contributed by atoms with E-state index in [1.165, 1.54) is 35.6 Å². The van der Waals surface area contributed by atoms with Crippen LogP contribution in [0.3, 0.4) is 0 Å². The molecule has 1 aliphatic carbocycles. The van der Waals surface area contributed by atoms with Gasteiger partial charge in [0.1, 0.15) is 28.9 Å². The van der Waals surface area contributed by atoms with E-state index in [2.05, 4.69) is 10.3 Å². The molecule has 0 aliphatic heterocycles. The number of hydrogen-bond acceptors (Lipinski definition) is 4. The van der Waals surface area contributed by atoms with Gasteiger partial charge in [-0.05, 0) is 48.6 Å². The van der Waals surface area contributed by atoms with Crippen LogP contribution in [0.4, 0.5) is 17.6 Å². The molecule has 4 nitrogen and oxygen atoms in total. The molecule has 1 saturated carbocycles. The monoisotopic (exact) mass is 450 g/mol. The molecule has 0 atom stereocenters. The molecular formula is C22H18F4N2O2S. The molecule has 4 rings (SSSR count). The smallest absolute Gasteiger partial charge is 0.416 e. The van der Waals surface area contributed by atoms with Crippen LogP contribution in [0, 0.1) is 11.7 Å². The second-order valence-corrected chi connectivity index (χ2v) is 8.17. The summed E-state index contributed by atoms with van der Waals surface area (Å²) < 4.78 is 57.9. The highest BCUT2D eigenvalue weighted by Gasteiger charge is 2.30. The fourth-order valence-electron chi connectivity index (χ4n) is 2.87. The van der Waals surface area contributed by atoms with Crippen LogP contribution in [-0.2, 0) is 12.8 Å². The molecule has 1 aromatic heterocycles. The summed E-state index contributed by atoms with van der Waals surface area (Å²) in [4.78, 5) is 16.3. The molecule has 1 aliphatic rings. The molecule has 0 unspecified atom stereocenters. The lowest BCUT2D eigenvalue weighted by molar-refractivity contribution is -0.137. The molecule has 0 spiro atoms.